The third kappa shape index (κ3) is 2.82. The van der Waals surface area contributed by atoms with Crippen LogP contribution in [0, 0.1) is 13.8 Å². The minimum Gasteiger partial charge on any atom is -0.496 e. The van der Waals surface area contributed by atoms with Gasteiger partial charge in [-0.25, -0.2) is 0 Å². The molecule has 100 valence electrons. The lowest BCUT2D eigenvalue weighted by Crippen LogP contribution is -2.06. The Balaban J connectivity index is 2.56. The lowest BCUT2D eigenvalue weighted by molar-refractivity contribution is 0.213. The minimum atomic E-state index is -0.703. The quantitative estimate of drug-likeness (QED) is 0.920. The predicted molar refractivity (Wildman–Crippen MR) is 80.7 cm³/mol. The number of aryl methyl sites for hydroxylation is 2. The van der Waals surface area contributed by atoms with Crippen molar-refractivity contribution >= 4 is 15.9 Å². The molecule has 0 aromatic heterocycles. The van der Waals surface area contributed by atoms with Gasteiger partial charge in [0.2, 0.25) is 0 Å². The van der Waals surface area contributed by atoms with Gasteiger partial charge in [0.05, 0.1) is 7.11 Å². The van der Waals surface area contributed by atoms with Gasteiger partial charge < -0.3 is 9.84 Å². The van der Waals surface area contributed by atoms with E-state index in [4.69, 9.17) is 4.74 Å². The largest absolute Gasteiger partial charge is 0.496 e. The van der Waals surface area contributed by atoms with Crippen molar-refractivity contribution in [1.29, 1.82) is 0 Å². The predicted octanol–water partition coefficient (Wildman–Crippen LogP) is 4.16. The molecule has 2 nitrogen and oxygen atoms in total. The van der Waals surface area contributed by atoms with Crippen LogP contribution in [0.1, 0.15) is 28.4 Å². The Labute approximate surface area is 122 Å². The molecule has 0 spiro atoms. The Bertz CT molecular complexity index is 593. The van der Waals surface area contributed by atoms with Crippen molar-refractivity contribution in [2.24, 2.45) is 0 Å². The Morgan fingerprint density at radius 2 is 1.84 bits per heavy atom. The highest BCUT2D eigenvalue weighted by Crippen LogP contribution is 2.36. The highest BCUT2D eigenvalue weighted by Gasteiger charge is 2.20. The van der Waals surface area contributed by atoms with Gasteiger partial charge in [0.15, 0.2) is 0 Å². The first-order valence-electron chi connectivity index (χ1n) is 6.12. The third-order valence-corrected chi connectivity index (χ3v) is 3.91. The van der Waals surface area contributed by atoms with E-state index in [-0.39, 0.29) is 0 Å². The van der Waals surface area contributed by atoms with Gasteiger partial charge in [0.25, 0.3) is 0 Å². The van der Waals surface area contributed by atoms with E-state index in [1.54, 1.807) is 7.11 Å². The molecule has 0 fully saturated rings. The van der Waals surface area contributed by atoms with Crippen molar-refractivity contribution < 1.29 is 9.84 Å². The van der Waals surface area contributed by atoms with Gasteiger partial charge >= 0.3 is 0 Å². The van der Waals surface area contributed by atoms with Crippen molar-refractivity contribution in [1.82, 2.24) is 0 Å². The van der Waals surface area contributed by atoms with Crippen LogP contribution in [0.25, 0.3) is 0 Å². The summed E-state index contributed by atoms with van der Waals surface area (Å²) in [6.07, 6.45) is -0.703. The van der Waals surface area contributed by atoms with Gasteiger partial charge in [0, 0.05) is 10.0 Å². The molecular formula is C16H17BrO2. The zero-order valence-electron chi connectivity index (χ0n) is 11.3. The number of hydrogen-bond donors (Lipinski definition) is 1. The number of ether oxygens (including phenoxy) is 1. The molecule has 3 heteroatoms. The molecule has 2 rings (SSSR count). The maximum absolute atomic E-state index is 10.6. The molecular weight excluding hydrogens is 304 g/mol. The van der Waals surface area contributed by atoms with Gasteiger partial charge in [-0.2, -0.15) is 0 Å². The maximum Gasteiger partial charge on any atom is 0.125 e. The molecule has 0 aliphatic heterocycles. The number of aliphatic hydroxyl groups is 1. The fourth-order valence-electron chi connectivity index (χ4n) is 2.31. The van der Waals surface area contributed by atoms with Crippen LogP contribution in [0.3, 0.4) is 0 Å². The van der Waals surface area contributed by atoms with Crippen molar-refractivity contribution in [3.05, 3.63) is 63.1 Å². The third-order valence-electron chi connectivity index (χ3n) is 3.19. The number of halogens is 1. The van der Waals surface area contributed by atoms with E-state index in [0.29, 0.717) is 0 Å². The smallest absolute Gasteiger partial charge is 0.125 e. The molecule has 0 saturated heterocycles. The first kappa shape index (κ1) is 14.1. The lowest BCUT2D eigenvalue weighted by Gasteiger charge is -2.19. The van der Waals surface area contributed by atoms with Gasteiger partial charge in [-0.3, -0.25) is 0 Å². The van der Waals surface area contributed by atoms with E-state index < -0.39 is 6.10 Å². The fraction of sp³-hybridized carbons (Fsp3) is 0.250. The SMILES string of the molecule is COc1cc(C)cc(C)c1C(O)c1ccccc1Br. The van der Waals surface area contributed by atoms with E-state index in [0.717, 1.165) is 32.5 Å². The summed E-state index contributed by atoms with van der Waals surface area (Å²) in [5.74, 6) is 0.723. The summed E-state index contributed by atoms with van der Waals surface area (Å²) in [6.45, 7) is 4.01. The molecule has 19 heavy (non-hydrogen) atoms. The van der Waals surface area contributed by atoms with Crippen LogP contribution in [0.4, 0.5) is 0 Å². The highest BCUT2D eigenvalue weighted by molar-refractivity contribution is 9.10. The average Bonchev–Trinajstić information content (AvgIpc) is 2.37. The molecule has 1 N–H and O–H groups in total. The lowest BCUT2D eigenvalue weighted by atomic mass is 9.95. The first-order chi connectivity index (χ1) is 9.04. The Kier molecular flexibility index (Phi) is 4.27. The Morgan fingerprint density at radius 1 is 1.16 bits per heavy atom. The van der Waals surface area contributed by atoms with Crippen molar-refractivity contribution in [2.75, 3.05) is 7.11 Å². The van der Waals surface area contributed by atoms with Crippen molar-refractivity contribution in [2.45, 2.75) is 20.0 Å². The van der Waals surface area contributed by atoms with Gasteiger partial charge in [0.1, 0.15) is 11.9 Å². The number of aliphatic hydroxyl groups excluding tert-OH is 1. The first-order valence-corrected chi connectivity index (χ1v) is 6.91. The maximum atomic E-state index is 10.6. The number of methoxy groups -OCH3 is 1. The fourth-order valence-corrected chi connectivity index (χ4v) is 2.81. The second-order valence-electron chi connectivity index (χ2n) is 4.62. The van der Waals surface area contributed by atoms with Gasteiger partial charge in [-0.15, -0.1) is 0 Å². The molecule has 0 saturated carbocycles. The van der Waals surface area contributed by atoms with E-state index >= 15 is 0 Å². The molecule has 2 aromatic rings. The van der Waals surface area contributed by atoms with Crippen LogP contribution >= 0.6 is 15.9 Å². The Morgan fingerprint density at radius 3 is 2.47 bits per heavy atom. The highest BCUT2D eigenvalue weighted by atomic mass is 79.9. The topological polar surface area (TPSA) is 29.5 Å². The minimum absolute atomic E-state index is 0.703. The summed E-state index contributed by atoms with van der Waals surface area (Å²) in [4.78, 5) is 0. The standard InChI is InChI=1S/C16H17BrO2/c1-10-8-11(2)15(14(9-10)19-3)16(18)12-6-4-5-7-13(12)17/h4-9,16,18H,1-3H3. The second-order valence-corrected chi connectivity index (χ2v) is 5.48. The number of hydrogen-bond acceptors (Lipinski definition) is 2. The zero-order chi connectivity index (χ0) is 14.0. The normalized spacial score (nSPS) is 12.3. The summed E-state index contributed by atoms with van der Waals surface area (Å²) in [7, 11) is 1.63. The molecule has 2 aromatic carbocycles. The summed E-state index contributed by atoms with van der Waals surface area (Å²) in [6, 6.07) is 11.7. The molecule has 0 heterocycles. The molecule has 0 aliphatic carbocycles. The summed E-state index contributed by atoms with van der Waals surface area (Å²) < 4.78 is 6.31. The van der Waals surface area contributed by atoms with E-state index in [1.807, 2.05) is 44.2 Å². The van der Waals surface area contributed by atoms with Crippen LogP contribution in [-0.2, 0) is 0 Å². The van der Waals surface area contributed by atoms with Crippen LogP contribution in [0.5, 0.6) is 5.75 Å². The Hall–Kier alpha value is -1.32. The van der Waals surface area contributed by atoms with Crippen molar-refractivity contribution in [3.63, 3.8) is 0 Å². The van der Waals surface area contributed by atoms with Gasteiger partial charge in [-0.1, -0.05) is 40.2 Å². The number of benzene rings is 2. The number of rotatable bonds is 3. The summed E-state index contributed by atoms with van der Waals surface area (Å²) in [5.41, 5.74) is 3.81. The van der Waals surface area contributed by atoms with Crippen LogP contribution in [0.15, 0.2) is 40.9 Å². The molecule has 1 unspecified atom stereocenters. The van der Waals surface area contributed by atoms with Crippen LogP contribution in [0.2, 0.25) is 0 Å². The summed E-state index contributed by atoms with van der Waals surface area (Å²) >= 11 is 3.48. The molecule has 0 aliphatic rings. The molecule has 0 amide bonds. The van der Waals surface area contributed by atoms with Crippen molar-refractivity contribution in [3.8, 4) is 5.75 Å². The second kappa shape index (κ2) is 5.76. The zero-order valence-corrected chi connectivity index (χ0v) is 12.9. The summed E-state index contributed by atoms with van der Waals surface area (Å²) in [5, 5.41) is 10.6. The van der Waals surface area contributed by atoms with Crippen LogP contribution < -0.4 is 4.74 Å². The molecule has 0 radical (unpaired) electrons. The average molecular weight is 321 g/mol. The van der Waals surface area contributed by atoms with E-state index in [2.05, 4.69) is 22.0 Å². The van der Waals surface area contributed by atoms with Crippen LogP contribution in [-0.4, -0.2) is 12.2 Å². The molecule has 0 bridgehead atoms. The molecule has 1 atom stereocenters. The van der Waals surface area contributed by atoms with Gasteiger partial charge in [-0.05, 0) is 42.7 Å². The van der Waals surface area contributed by atoms with E-state index in [1.165, 1.54) is 0 Å². The monoisotopic (exact) mass is 320 g/mol. The van der Waals surface area contributed by atoms with E-state index in [9.17, 15) is 5.11 Å².